The van der Waals surface area contributed by atoms with Crippen LogP contribution >= 0.6 is 12.6 Å². The van der Waals surface area contributed by atoms with Gasteiger partial charge in [0.15, 0.2) is 0 Å². The maximum atomic E-state index is 4.62. The fraction of sp³-hybridized carbons (Fsp3) is 0.600. The van der Waals surface area contributed by atoms with Crippen LogP contribution in [-0.4, -0.2) is 0 Å². The highest BCUT2D eigenvalue weighted by molar-refractivity contribution is 7.80. The Morgan fingerprint density at radius 2 is 1.25 bits per heavy atom. The molecule has 1 aromatic carbocycles. The second-order valence-corrected chi connectivity index (χ2v) is 5.95. The SMILES string of the molecule is CC(C)c1ccc(S)c(C(C)C)c1C(C)C. The summed E-state index contributed by atoms with van der Waals surface area (Å²) in [5.74, 6) is 1.70. The molecule has 0 unspecified atom stereocenters. The van der Waals surface area contributed by atoms with Crippen molar-refractivity contribution in [3.05, 3.63) is 28.8 Å². The molecule has 1 heteroatoms. The van der Waals surface area contributed by atoms with Crippen LogP contribution in [0, 0.1) is 0 Å². The van der Waals surface area contributed by atoms with Crippen LogP contribution in [0.25, 0.3) is 0 Å². The molecule has 0 heterocycles. The molecule has 0 spiro atoms. The van der Waals surface area contributed by atoms with Gasteiger partial charge in [0.05, 0.1) is 0 Å². The number of hydrogen-bond donors (Lipinski definition) is 1. The summed E-state index contributed by atoms with van der Waals surface area (Å²) in [5.41, 5.74) is 4.43. The van der Waals surface area contributed by atoms with Crippen molar-refractivity contribution in [1.29, 1.82) is 0 Å². The molecule has 0 saturated carbocycles. The highest BCUT2D eigenvalue weighted by Crippen LogP contribution is 2.36. The van der Waals surface area contributed by atoms with Gasteiger partial charge in [0, 0.05) is 4.90 Å². The average molecular weight is 236 g/mol. The molecule has 1 rings (SSSR count). The van der Waals surface area contributed by atoms with Crippen LogP contribution in [0.2, 0.25) is 0 Å². The third kappa shape index (κ3) is 2.63. The van der Waals surface area contributed by atoms with Crippen molar-refractivity contribution in [3.63, 3.8) is 0 Å². The number of hydrogen-bond acceptors (Lipinski definition) is 1. The minimum atomic E-state index is 0.545. The van der Waals surface area contributed by atoms with E-state index in [4.69, 9.17) is 0 Å². The first-order valence-electron chi connectivity index (χ1n) is 6.21. The Morgan fingerprint density at radius 3 is 1.62 bits per heavy atom. The van der Waals surface area contributed by atoms with Crippen molar-refractivity contribution in [1.82, 2.24) is 0 Å². The molecule has 0 atom stereocenters. The molecular weight excluding hydrogens is 212 g/mol. The van der Waals surface area contributed by atoms with Gasteiger partial charge in [-0.05, 0) is 40.5 Å². The van der Waals surface area contributed by atoms with Gasteiger partial charge in [-0.3, -0.25) is 0 Å². The molecule has 0 aliphatic rings. The predicted octanol–water partition coefficient (Wildman–Crippen LogP) is 5.35. The smallest absolute Gasteiger partial charge is 0.00777 e. The Kier molecular flexibility index (Phi) is 4.49. The Hall–Kier alpha value is -0.430. The van der Waals surface area contributed by atoms with E-state index in [-0.39, 0.29) is 0 Å². The number of benzene rings is 1. The monoisotopic (exact) mass is 236 g/mol. The highest BCUT2D eigenvalue weighted by Gasteiger charge is 2.18. The maximum Gasteiger partial charge on any atom is 0.00777 e. The van der Waals surface area contributed by atoms with Gasteiger partial charge >= 0.3 is 0 Å². The Morgan fingerprint density at radius 1 is 0.750 bits per heavy atom. The zero-order chi connectivity index (χ0) is 12.5. The van der Waals surface area contributed by atoms with Crippen molar-refractivity contribution < 1.29 is 0 Å². The first-order valence-corrected chi connectivity index (χ1v) is 6.66. The van der Waals surface area contributed by atoms with Gasteiger partial charge in [-0.15, -0.1) is 12.6 Å². The van der Waals surface area contributed by atoms with Crippen molar-refractivity contribution in [2.75, 3.05) is 0 Å². The van der Waals surface area contributed by atoms with E-state index in [9.17, 15) is 0 Å². The number of thiol groups is 1. The summed E-state index contributed by atoms with van der Waals surface area (Å²) in [4.78, 5) is 1.14. The lowest BCUT2D eigenvalue weighted by Gasteiger charge is -2.24. The molecule has 0 saturated heterocycles. The largest absolute Gasteiger partial charge is 0.143 e. The molecule has 0 amide bonds. The normalized spacial score (nSPS) is 11.9. The summed E-state index contributed by atoms with van der Waals surface area (Å²) < 4.78 is 0. The number of rotatable bonds is 3. The minimum Gasteiger partial charge on any atom is -0.143 e. The van der Waals surface area contributed by atoms with E-state index in [0.29, 0.717) is 17.8 Å². The van der Waals surface area contributed by atoms with E-state index in [1.54, 1.807) is 0 Å². The van der Waals surface area contributed by atoms with E-state index >= 15 is 0 Å². The maximum absolute atomic E-state index is 4.62. The lowest BCUT2D eigenvalue weighted by molar-refractivity contribution is 0.735. The van der Waals surface area contributed by atoms with Gasteiger partial charge in [-0.1, -0.05) is 47.6 Å². The summed E-state index contributed by atoms with van der Waals surface area (Å²) in [6.07, 6.45) is 0. The Labute approximate surface area is 106 Å². The summed E-state index contributed by atoms with van der Waals surface area (Å²) in [7, 11) is 0. The van der Waals surface area contributed by atoms with Crippen LogP contribution in [-0.2, 0) is 0 Å². The quantitative estimate of drug-likeness (QED) is 0.672. The van der Waals surface area contributed by atoms with Crippen LogP contribution in [0.4, 0.5) is 0 Å². The summed E-state index contributed by atoms with van der Waals surface area (Å²) in [5, 5.41) is 0. The zero-order valence-electron chi connectivity index (χ0n) is 11.3. The summed E-state index contributed by atoms with van der Waals surface area (Å²) in [6.45, 7) is 13.6. The van der Waals surface area contributed by atoms with Crippen molar-refractivity contribution >= 4 is 12.6 Å². The topological polar surface area (TPSA) is 0 Å². The van der Waals surface area contributed by atoms with E-state index < -0.39 is 0 Å². The highest BCUT2D eigenvalue weighted by atomic mass is 32.1. The molecule has 0 nitrogen and oxygen atoms in total. The second-order valence-electron chi connectivity index (χ2n) is 5.47. The molecule has 1 aromatic rings. The van der Waals surface area contributed by atoms with E-state index in [1.807, 2.05) is 0 Å². The molecule has 90 valence electrons. The van der Waals surface area contributed by atoms with E-state index in [1.165, 1.54) is 16.7 Å². The van der Waals surface area contributed by atoms with Gasteiger partial charge in [0.1, 0.15) is 0 Å². The fourth-order valence-electron chi connectivity index (χ4n) is 2.40. The Balaban J connectivity index is 3.50. The third-order valence-electron chi connectivity index (χ3n) is 3.07. The predicted molar refractivity (Wildman–Crippen MR) is 76.0 cm³/mol. The lowest BCUT2D eigenvalue weighted by atomic mass is 9.83. The molecule has 0 N–H and O–H groups in total. The van der Waals surface area contributed by atoms with Gasteiger partial charge in [0.2, 0.25) is 0 Å². The van der Waals surface area contributed by atoms with E-state index in [2.05, 4.69) is 66.3 Å². The molecule has 0 bridgehead atoms. The first kappa shape index (κ1) is 13.6. The second kappa shape index (κ2) is 5.27. The van der Waals surface area contributed by atoms with Crippen LogP contribution in [0.1, 0.15) is 76.0 Å². The van der Waals surface area contributed by atoms with Crippen molar-refractivity contribution in [3.8, 4) is 0 Å². The zero-order valence-corrected chi connectivity index (χ0v) is 12.2. The van der Waals surface area contributed by atoms with Gasteiger partial charge < -0.3 is 0 Å². The molecule has 0 aliphatic carbocycles. The van der Waals surface area contributed by atoms with Crippen LogP contribution < -0.4 is 0 Å². The standard InChI is InChI=1S/C15H24S/c1-9(2)12-7-8-13(16)15(11(5)6)14(12)10(3)4/h7-11,16H,1-6H3. The van der Waals surface area contributed by atoms with Crippen LogP contribution in [0.5, 0.6) is 0 Å². The molecule has 0 fully saturated rings. The molecular formula is C15H24S. The van der Waals surface area contributed by atoms with Gasteiger partial charge in [-0.2, -0.15) is 0 Å². The molecule has 0 radical (unpaired) electrons. The van der Waals surface area contributed by atoms with Gasteiger partial charge in [-0.25, -0.2) is 0 Å². The summed E-state index contributed by atoms with van der Waals surface area (Å²) >= 11 is 4.62. The molecule has 16 heavy (non-hydrogen) atoms. The van der Waals surface area contributed by atoms with Crippen LogP contribution in [0.3, 0.4) is 0 Å². The van der Waals surface area contributed by atoms with Crippen molar-refractivity contribution in [2.45, 2.75) is 64.2 Å². The minimum absolute atomic E-state index is 0.545. The fourth-order valence-corrected chi connectivity index (χ4v) is 2.85. The first-order chi connectivity index (χ1) is 7.36. The molecule has 0 aromatic heterocycles. The lowest BCUT2D eigenvalue weighted by Crippen LogP contribution is -2.06. The molecule has 0 aliphatic heterocycles. The van der Waals surface area contributed by atoms with Crippen LogP contribution in [0.15, 0.2) is 17.0 Å². The Bertz CT molecular complexity index is 362. The van der Waals surface area contributed by atoms with Gasteiger partial charge in [0.25, 0.3) is 0 Å². The average Bonchev–Trinajstić information content (AvgIpc) is 2.15. The summed E-state index contributed by atoms with van der Waals surface area (Å²) in [6, 6.07) is 4.40. The third-order valence-corrected chi connectivity index (χ3v) is 3.46. The van der Waals surface area contributed by atoms with E-state index in [0.717, 1.165) is 4.90 Å². The van der Waals surface area contributed by atoms with Crippen molar-refractivity contribution in [2.24, 2.45) is 0 Å².